The lowest BCUT2D eigenvalue weighted by Gasteiger charge is -2.41. The van der Waals surface area contributed by atoms with E-state index in [0.717, 1.165) is 53.4 Å². The van der Waals surface area contributed by atoms with Crippen LogP contribution < -0.4 is 4.74 Å². The van der Waals surface area contributed by atoms with Gasteiger partial charge in [-0.25, -0.2) is 14.8 Å². The van der Waals surface area contributed by atoms with E-state index in [4.69, 9.17) is 21.1 Å². The quantitative estimate of drug-likeness (QED) is 0.349. The summed E-state index contributed by atoms with van der Waals surface area (Å²) in [6, 6.07) is 9.44. The van der Waals surface area contributed by atoms with Gasteiger partial charge in [-0.2, -0.15) is 0 Å². The predicted octanol–water partition coefficient (Wildman–Crippen LogP) is 6.72. The van der Waals surface area contributed by atoms with Gasteiger partial charge in [-0.05, 0) is 73.2 Å². The number of aryl methyl sites for hydroxylation is 1. The van der Waals surface area contributed by atoms with Crippen molar-refractivity contribution in [3.8, 4) is 5.75 Å². The fourth-order valence-corrected chi connectivity index (χ4v) is 7.18. The van der Waals surface area contributed by atoms with Crippen molar-refractivity contribution in [3.05, 3.63) is 57.8 Å². The Bertz CT molecular complexity index is 1220. The van der Waals surface area contributed by atoms with E-state index >= 15 is 0 Å². The zero-order valence-electron chi connectivity index (χ0n) is 18.8. The van der Waals surface area contributed by atoms with Gasteiger partial charge < -0.3 is 14.6 Å². The number of fused-ring (bicyclic) bond motifs is 1. The zero-order chi connectivity index (χ0) is 23.7. The molecule has 1 saturated carbocycles. The number of aliphatic hydroxyl groups is 1. The van der Waals surface area contributed by atoms with Crippen molar-refractivity contribution in [1.82, 2.24) is 9.97 Å². The number of aliphatic hydroxyl groups excluding tert-OH is 1. The summed E-state index contributed by atoms with van der Waals surface area (Å²) in [6.45, 7) is 0. The molecule has 3 aromatic rings. The maximum atomic E-state index is 13.2. The van der Waals surface area contributed by atoms with Crippen LogP contribution in [-0.2, 0) is 16.0 Å². The molecule has 1 unspecified atom stereocenters. The number of nitrogens with zero attached hydrogens (tertiary/aromatic N) is 2. The number of aromatic nitrogens is 2. The second-order valence-electron chi connectivity index (χ2n) is 8.77. The van der Waals surface area contributed by atoms with Gasteiger partial charge in [-0.1, -0.05) is 41.8 Å². The van der Waals surface area contributed by atoms with Crippen molar-refractivity contribution in [2.24, 2.45) is 5.92 Å². The van der Waals surface area contributed by atoms with Crippen LogP contribution in [0.3, 0.4) is 0 Å². The number of thiazole rings is 1. The van der Waals surface area contributed by atoms with Crippen LogP contribution in [0.1, 0.15) is 44.1 Å². The fraction of sp³-hybridized carbons (Fsp3) is 0.400. The Morgan fingerprint density at radius 2 is 2.15 bits per heavy atom. The van der Waals surface area contributed by atoms with Crippen LogP contribution in [0, 0.1) is 5.92 Å². The number of pyridine rings is 1. The second-order valence-corrected chi connectivity index (χ2v) is 11.4. The van der Waals surface area contributed by atoms with Gasteiger partial charge in [0.05, 0.1) is 12.1 Å². The smallest absolute Gasteiger partial charge is 0.349 e. The summed E-state index contributed by atoms with van der Waals surface area (Å²) in [5.41, 5.74) is 1.10. The Hall–Kier alpha value is -2.29. The molecule has 34 heavy (non-hydrogen) atoms. The monoisotopic (exact) mass is 516 g/mol. The number of carbonyl (C=O) groups is 1. The molecule has 2 aliphatic rings. The molecule has 1 fully saturated rings. The number of hydrogen-bond donors (Lipinski definition) is 1. The summed E-state index contributed by atoms with van der Waals surface area (Å²) < 4.78 is 12.1. The first-order valence-electron chi connectivity index (χ1n) is 11.3. The van der Waals surface area contributed by atoms with Gasteiger partial charge in [-0.15, -0.1) is 0 Å². The minimum absolute atomic E-state index is 0.0909. The van der Waals surface area contributed by atoms with Crippen LogP contribution in [0.5, 0.6) is 5.75 Å². The molecule has 2 aromatic heterocycles. The minimum atomic E-state index is -0.719. The standard InChI is InChI=1S/C25H25ClN2O4S2/c1-31-20-9-8-15(13-17(20)26)10-11-25(16-5-2-3-6-16)14-19(29)21(23(30)32-25)33-24-28-18-7-4-12-27-22(18)34-24/h4,7-9,12-13,16,29H,2-3,5-6,10-11,14H2,1H3. The fourth-order valence-electron chi connectivity index (χ4n) is 4.97. The topological polar surface area (TPSA) is 81.5 Å². The van der Waals surface area contributed by atoms with E-state index in [-0.39, 0.29) is 16.6 Å². The highest BCUT2D eigenvalue weighted by Crippen LogP contribution is 2.48. The molecule has 1 aliphatic heterocycles. The molecule has 0 saturated heterocycles. The molecule has 5 rings (SSSR count). The molecule has 9 heteroatoms. The third-order valence-electron chi connectivity index (χ3n) is 6.70. The van der Waals surface area contributed by atoms with E-state index in [1.54, 1.807) is 13.3 Å². The molecule has 1 atom stereocenters. The lowest BCUT2D eigenvalue weighted by atomic mass is 9.77. The summed E-state index contributed by atoms with van der Waals surface area (Å²) in [7, 11) is 1.59. The third kappa shape index (κ3) is 4.63. The molecular formula is C25H25ClN2O4S2. The number of carbonyl (C=O) groups excluding carboxylic acids is 1. The minimum Gasteiger partial charge on any atom is -0.511 e. The molecule has 1 aliphatic carbocycles. The summed E-state index contributed by atoms with van der Waals surface area (Å²) in [5, 5.41) is 11.6. The Morgan fingerprint density at radius 1 is 1.32 bits per heavy atom. The number of thioether (sulfide) groups is 1. The van der Waals surface area contributed by atoms with E-state index in [2.05, 4.69) is 9.97 Å². The summed E-state index contributed by atoms with van der Waals surface area (Å²) in [6.07, 6.45) is 7.56. The number of methoxy groups -OCH3 is 1. The summed E-state index contributed by atoms with van der Waals surface area (Å²) >= 11 is 8.87. The van der Waals surface area contributed by atoms with Crippen LogP contribution in [0.15, 0.2) is 51.5 Å². The first-order valence-corrected chi connectivity index (χ1v) is 13.4. The van der Waals surface area contributed by atoms with Gasteiger partial charge in [0.2, 0.25) is 0 Å². The highest BCUT2D eigenvalue weighted by atomic mass is 35.5. The Labute approximate surface area is 211 Å². The number of halogens is 1. The average Bonchev–Trinajstić information content (AvgIpc) is 3.50. The van der Waals surface area contributed by atoms with Gasteiger partial charge in [-0.3, -0.25) is 0 Å². The lowest BCUT2D eigenvalue weighted by molar-refractivity contribution is -0.166. The van der Waals surface area contributed by atoms with Gasteiger partial charge in [0.1, 0.15) is 32.4 Å². The number of hydrogen-bond acceptors (Lipinski definition) is 8. The van der Waals surface area contributed by atoms with Crippen LogP contribution in [0.4, 0.5) is 0 Å². The van der Waals surface area contributed by atoms with Crippen molar-refractivity contribution < 1.29 is 19.4 Å². The highest BCUT2D eigenvalue weighted by Gasteiger charge is 2.48. The van der Waals surface area contributed by atoms with E-state index in [9.17, 15) is 9.90 Å². The van der Waals surface area contributed by atoms with Crippen molar-refractivity contribution in [2.75, 3.05) is 7.11 Å². The van der Waals surface area contributed by atoms with Crippen LogP contribution in [0.2, 0.25) is 5.02 Å². The molecule has 0 spiro atoms. The summed E-state index contributed by atoms with van der Waals surface area (Å²) in [5.74, 6) is 0.478. The second kappa shape index (κ2) is 9.76. The van der Waals surface area contributed by atoms with E-state index in [1.807, 2.05) is 30.3 Å². The lowest BCUT2D eigenvalue weighted by Crippen LogP contribution is -2.45. The van der Waals surface area contributed by atoms with Gasteiger partial charge >= 0.3 is 5.97 Å². The molecule has 1 N–H and O–H groups in total. The van der Waals surface area contributed by atoms with Crippen LogP contribution >= 0.6 is 34.7 Å². The number of rotatable bonds is 7. The molecule has 3 heterocycles. The maximum absolute atomic E-state index is 13.2. The molecule has 1 aromatic carbocycles. The van der Waals surface area contributed by atoms with Crippen molar-refractivity contribution in [1.29, 1.82) is 0 Å². The van der Waals surface area contributed by atoms with E-state index < -0.39 is 11.6 Å². The summed E-state index contributed by atoms with van der Waals surface area (Å²) in [4.78, 5) is 23.1. The molecule has 0 amide bonds. The number of ether oxygens (including phenoxy) is 2. The Morgan fingerprint density at radius 3 is 2.85 bits per heavy atom. The molecule has 0 radical (unpaired) electrons. The van der Waals surface area contributed by atoms with E-state index in [0.29, 0.717) is 34.4 Å². The van der Waals surface area contributed by atoms with E-state index in [1.165, 1.54) is 11.3 Å². The average molecular weight is 517 g/mol. The maximum Gasteiger partial charge on any atom is 0.349 e. The Kier molecular flexibility index (Phi) is 6.73. The van der Waals surface area contributed by atoms with Gasteiger partial charge in [0.15, 0.2) is 4.34 Å². The van der Waals surface area contributed by atoms with Crippen LogP contribution in [0.25, 0.3) is 10.3 Å². The number of benzene rings is 1. The molecule has 6 nitrogen and oxygen atoms in total. The molecule has 0 bridgehead atoms. The first-order chi connectivity index (χ1) is 16.5. The van der Waals surface area contributed by atoms with Crippen molar-refractivity contribution >= 4 is 51.0 Å². The molecular weight excluding hydrogens is 492 g/mol. The van der Waals surface area contributed by atoms with Crippen molar-refractivity contribution in [3.63, 3.8) is 0 Å². The SMILES string of the molecule is COc1ccc(CCC2(C3CCCC3)CC(O)=C(Sc3nc4cccnc4s3)C(=O)O2)cc1Cl. The zero-order valence-corrected chi connectivity index (χ0v) is 21.1. The van der Waals surface area contributed by atoms with Crippen LogP contribution in [-0.4, -0.2) is 33.8 Å². The predicted molar refractivity (Wildman–Crippen MR) is 135 cm³/mol. The number of esters is 1. The largest absolute Gasteiger partial charge is 0.511 e. The van der Waals surface area contributed by atoms with Gasteiger partial charge in [0, 0.05) is 12.6 Å². The Balaban J connectivity index is 1.39. The number of cyclic esters (lactones) is 1. The van der Waals surface area contributed by atoms with Gasteiger partial charge in [0.25, 0.3) is 0 Å². The third-order valence-corrected chi connectivity index (χ3v) is 9.14. The molecule has 178 valence electrons. The highest BCUT2D eigenvalue weighted by molar-refractivity contribution is 8.05. The first kappa shape index (κ1) is 23.5. The normalized spacial score (nSPS) is 21.3. The van der Waals surface area contributed by atoms with Crippen molar-refractivity contribution in [2.45, 2.75) is 54.9 Å².